The van der Waals surface area contributed by atoms with Gasteiger partial charge >= 0.3 is 0 Å². The Morgan fingerprint density at radius 3 is 2.83 bits per heavy atom. The molecule has 0 atom stereocenters. The number of anilines is 1. The van der Waals surface area contributed by atoms with E-state index in [2.05, 4.69) is 27.3 Å². The molecule has 1 N–H and O–H groups in total. The summed E-state index contributed by atoms with van der Waals surface area (Å²) in [6.45, 7) is 4.20. The van der Waals surface area contributed by atoms with Gasteiger partial charge in [0.15, 0.2) is 0 Å². The van der Waals surface area contributed by atoms with Crippen LogP contribution in [0.4, 0.5) is 5.82 Å². The molecule has 0 amide bonds. The van der Waals surface area contributed by atoms with E-state index in [1.54, 1.807) is 4.52 Å². The Balaban J connectivity index is 2.09. The van der Waals surface area contributed by atoms with Crippen LogP contribution >= 0.6 is 11.6 Å². The van der Waals surface area contributed by atoms with Crippen molar-refractivity contribution in [2.24, 2.45) is 0 Å². The van der Waals surface area contributed by atoms with Crippen LogP contribution in [-0.2, 0) is 0 Å². The fourth-order valence-electron chi connectivity index (χ4n) is 2.61. The lowest BCUT2D eigenvalue weighted by Crippen LogP contribution is -2.32. The largest absolute Gasteiger partial charge is 0.364 e. The minimum atomic E-state index is 0.119. The molecule has 0 unspecified atom stereocenters. The lowest BCUT2D eigenvalue weighted by atomic mass is 10.0. The maximum Gasteiger partial charge on any atom is 0.255 e. The smallest absolute Gasteiger partial charge is 0.255 e. The Morgan fingerprint density at radius 1 is 1.39 bits per heavy atom. The third-order valence-corrected chi connectivity index (χ3v) is 4.10. The number of hydrogen-bond donors (Lipinski definition) is 1. The molecule has 2 heterocycles. The number of fused-ring (bicyclic) bond motifs is 1. The molecule has 0 radical (unpaired) electrons. The molecule has 18 heavy (non-hydrogen) atoms. The molecule has 0 spiro atoms. The van der Waals surface area contributed by atoms with Gasteiger partial charge in [-0.05, 0) is 26.7 Å². The molecule has 1 aliphatic carbocycles. The van der Waals surface area contributed by atoms with E-state index < -0.39 is 0 Å². The van der Waals surface area contributed by atoms with Gasteiger partial charge in [0.25, 0.3) is 5.78 Å². The van der Waals surface area contributed by atoms with E-state index in [4.69, 9.17) is 11.6 Å². The second-order valence-corrected chi connectivity index (χ2v) is 5.60. The van der Waals surface area contributed by atoms with Crippen LogP contribution in [0.5, 0.6) is 0 Å². The standard InChI is InChI=1S/C12H16ClN5/c1-8-9(13)16-11-14-7-15-18(11)10(8)17-12(2)5-3-4-6-12/h7,17H,3-6H2,1-2H3. The fraction of sp³-hybridized carbons (Fsp3) is 0.583. The summed E-state index contributed by atoms with van der Waals surface area (Å²) >= 11 is 6.15. The molecule has 0 aromatic carbocycles. The third kappa shape index (κ3) is 1.82. The SMILES string of the molecule is Cc1c(Cl)nc2ncnn2c1NC1(C)CCCC1. The molecule has 1 saturated carbocycles. The molecule has 1 fully saturated rings. The van der Waals surface area contributed by atoms with Gasteiger partial charge in [-0.3, -0.25) is 0 Å². The zero-order chi connectivity index (χ0) is 12.8. The van der Waals surface area contributed by atoms with Crippen molar-refractivity contribution in [3.8, 4) is 0 Å². The molecule has 6 heteroatoms. The summed E-state index contributed by atoms with van der Waals surface area (Å²) in [6.07, 6.45) is 6.37. The van der Waals surface area contributed by atoms with E-state index in [-0.39, 0.29) is 5.54 Å². The molecule has 0 saturated heterocycles. The van der Waals surface area contributed by atoms with Crippen molar-refractivity contribution in [2.45, 2.75) is 45.1 Å². The number of nitrogens with one attached hydrogen (secondary N) is 1. The van der Waals surface area contributed by atoms with Crippen LogP contribution in [0.25, 0.3) is 5.78 Å². The van der Waals surface area contributed by atoms with Gasteiger partial charge in [0.2, 0.25) is 0 Å². The minimum Gasteiger partial charge on any atom is -0.364 e. The first-order chi connectivity index (χ1) is 8.59. The molecule has 96 valence electrons. The molecule has 3 rings (SSSR count). The summed E-state index contributed by atoms with van der Waals surface area (Å²) < 4.78 is 1.73. The van der Waals surface area contributed by atoms with Crippen molar-refractivity contribution >= 4 is 23.2 Å². The Kier molecular flexibility index (Phi) is 2.66. The Bertz CT molecular complexity index is 585. The van der Waals surface area contributed by atoms with Crippen molar-refractivity contribution in [1.29, 1.82) is 0 Å². The highest BCUT2D eigenvalue weighted by atomic mass is 35.5. The van der Waals surface area contributed by atoms with E-state index >= 15 is 0 Å². The van der Waals surface area contributed by atoms with Crippen LogP contribution < -0.4 is 5.32 Å². The first-order valence-electron chi connectivity index (χ1n) is 6.23. The van der Waals surface area contributed by atoms with Crippen LogP contribution in [0.15, 0.2) is 6.33 Å². The quantitative estimate of drug-likeness (QED) is 0.849. The highest BCUT2D eigenvalue weighted by Gasteiger charge is 2.30. The van der Waals surface area contributed by atoms with Crippen molar-refractivity contribution in [3.05, 3.63) is 17.0 Å². The molecular weight excluding hydrogens is 250 g/mol. The molecular formula is C12H16ClN5. The van der Waals surface area contributed by atoms with Crippen molar-refractivity contribution in [3.63, 3.8) is 0 Å². The number of rotatable bonds is 2. The van der Waals surface area contributed by atoms with Gasteiger partial charge in [-0.1, -0.05) is 24.4 Å². The fourth-order valence-corrected chi connectivity index (χ4v) is 2.78. The number of nitrogens with zero attached hydrogens (tertiary/aromatic N) is 4. The second kappa shape index (κ2) is 4.09. The monoisotopic (exact) mass is 265 g/mol. The molecule has 2 aromatic rings. The zero-order valence-corrected chi connectivity index (χ0v) is 11.3. The molecule has 2 aromatic heterocycles. The average molecular weight is 266 g/mol. The minimum absolute atomic E-state index is 0.119. The highest BCUT2D eigenvalue weighted by Crippen LogP contribution is 2.34. The van der Waals surface area contributed by atoms with Crippen molar-refractivity contribution < 1.29 is 0 Å². The van der Waals surface area contributed by atoms with Gasteiger partial charge < -0.3 is 5.32 Å². The normalized spacial score (nSPS) is 18.4. The number of aromatic nitrogens is 4. The summed E-state index contributed by atoms with van der Waals surface area (Å²) in [4.78, 5) is 8.30. The highest BCUT2D eigenvalue weighted by molar-refractivity contribution is 6.30. The van der Waals surface area contributed by atoms with Gasteiger partial charge in [0.1, 0.15) is 17.3 Å². The molecule has 0 aliphatic heterocycles. The molecule has 5 nitrogen and oxygen atoms in total. The van der Waals surface area contributed by atoms with E-state index in [1.165, 1.54) is 32.0 Å². The van der Waals surface area contributed by atoms with Gasteiger partial charge in [0.05, 0.1) is 0 Å². The van der Waals surface area contributed by atoms with Crippen LogP contribution in [-0.4, -0.2) is 25.1 Å². The van der Waals surface area contributed by atoms with Crippen molar-refractivity contribution in [1.82, 2.24) is 19.6 Å². The topological polar surface area (TPSA) is 55.1 Å². The zero-order valence-electron chi connectivity index (χ0n) is 10.6. The first-order valence-corrected chi connectivity index (χ1v) is 6.61. The summed E-state index contributed by atoms with van der Waals surface area (Å²) in [5.74, 6) is 1.45. The Hall–Kier alpha value is -1.36. The van der Waals surface area contributed by atoms with Crippen LogP contribution in [0, 0.1) is 6.92 Å². The predicted octanol–water partition coefficient (Wildman–Crippen LogP) is 2.83. The van der Waals surface area contributed by atoms with Crippen LogP contribution in [0.1, 0.15) is 38.2 Å². The second-order valence-electron chi connectivity index (χ2n) is 5.24. The van der Waals surface area contributed by atoms with Crippen LogP contribution in [0.2, 0.25) is 5.15 Å². The third-order valence-electron chi connectivity index (χ3n) is 3.73. The first kappa shape index (κ1) is 11.7. The van der Waals surface area contributed by atoms with Crippen LogP contribution in [0.3, 0.4) is 0 Å². The summed E-state index contributed by atoms with van der Waals surface area (Å²) in [5, 5.41) is 8.29. The van der Waals surface area contributed by atoms with E-state index in [1.807, 2.05) is 6.92 Å². The summed E-state index contributed by atoms with van der Waals surface area (Å²) in [6, 6.07) is 0. The van der Waals surface area contributed by atoms with E-state index in [0.717, 1.165) is 11.4 Å². The lowest BCUT2D eigenvalue weighted by molar-refractivity contribution is 0.528. The maximum atomic E-state index is 6.15. The maximum absolute atomic E-state index is 6.15. The summed E-state index contributed by atoms with van der Waals surface area (Å²) in [5.41, 5.74) is 1.04. The number of hydrogen-bond acceptors (Lipinski definition) is 4. The van der Waals surface area contributed by atoms with E-state index in [0.29, 0.717) is 10.9 Å². The van der Waals surface area contributed by atoms with E-state index in [9.17, 15) is 0 Å². The van der Waals surface area contributed by atoms with Gasteiger partial charge in [0, 0.05) is 11.1 Å². The van der Waals surface area contributed by atoms with Crippen molar-refractivity contribution in [2.75, 3.05) is 5.32 Å². The van der Waals surface area contributed by atoms with Gasteiger partial charge in [-0.25, -0.2) is 0 Å². The Labute approximate surface area is 111 Å². The Morgan fingerprint density at radius 2 is 2.11 bits per heavy atom. The van der Waals surface area contributed by atoms with Gasteiger partial charge in [-0.2, -0.15) is 19.6 Å². The lowest BCUT2D eigenvalue weighted by Gasteiger charge is -2.27. The van der Waals surface area contributed by atoms with Gasteiger partial charge in [-0.15, -0.1) is 0 Å². The predicted molar refractivity (Wildman–Crippen MR) is 71.0 cm³/mol. The average Bonchev–Trinajstić information content (AvgIpc) is 2.94. The summed E-state index contributed by atoms with van der Waals surface area (Å²) in [7, 11) is 0. The molecule has 1 aliphatic rings. The molecule has 0 bridgehead atoms. The number of halogens is 1.